The van der Waals surface area contributed by atoms with E-state index in [4.69, 9.17) is 0 Å². The Morgan fingerprint density at radius 3 is 2.44 bits per heavy atom. The van der Waals surface area contributed by atoms with Gasteiger partial charge in [-0.3, -0.25) is 0 Å². The molecule has 0 saturated carbocycles. The highest BCUT2D eigenvalue weighted by atomic mass is 32.2. The third kappa shape index (κ3) is 3.28. The van der Waals surface area contributed by atoms with Crippen molar-refractivity contribution in [3.05, 3.63) is 30.1 Å². The first-order chi connectivity index (χ1) is 7.49. The van der Waals surface area contributed by atoms with Crippen LogP contribution >= 0.6 is 0 Å². The quantitative estimate of drug-likeness (QED) is 0.865. The maximum atomic E-state index is 12.9. The van der Waals surface area contributed by atoms with Crippen molar-refractivity contribution in [1.29, 1.82) is 0 Å². The fourth-order valence-electron chi connectivity index (χ4n) is 1.38. The first kappa shape index (κ1) is 13.1. The van der Waals surface area contributed by atoms with Crippen LogP contribution in [0.3, 0.4) is 0 Å². The number of nitrogens with one attached hydrogen (secondary N) is 1. The minimum Gasteiger partial charge on any atom is -0.208 e. The minimum atomic E-state index is -3.60. The number of hydrogen-bond acceptors (Lipinski definition) is 2. The molecular weight excluding hydrogens is 229 g/mol. The van der Waals surface area contributed by atoms with Crippen molar-refractivity contribution in [2.45, 2.75) is 37.6 Å². The van der Waals surface area contributed by atoms with E-state index in [9.17, 15) is 12.8 Å². The second kappa shape index (κ2) is 5.41. The van der Waals surface area contributed by atoms with Gasteiger partial charge in [0.15, 0.2) is 0 Å². The van der Waals surface area contributed by atoms with Gasteiger partial charge in [0, 0.05) is 6.04 Å². The molecule has 0 aliphatic heterocycles. The number of sulfonamides is 1. The lowest BCUT2D eigenvalue weighted by atomic mass is 10.2. The van der Waals surface area contributed by atoms with E-state index in [0.717, 1.165) is 6.07 Å². The predicted molar refractivity (Wildman–Crippen MR) is 61.1 cm³/mol. The molecule has 1 N–H and O–H groups in total. The second-order valence-corrected chi connectivity index (χ2v) is 5.31. The van der Waals surface area contributed by atoms with Crippen molar-refractivity contribution in [1.82, 2.24) is 4.72 Å². The van der Waals surface area contributed by atoms with E-state index in [0.29, 0.717) is 12.8 Å². The summed E-state index contributed by atoms with van der Waals surface area (Å²) in [6, 6.07) is 4.90. The lowest BCUT2D eigenvalue weighted by Crippen LogP contribution is -2.33. The molecule has 1 aromatic rings. The molecule has 1 aromatic carbocycles. The molecule has 0 spiro atoms. The Labute approximate surface area is 95.7 Å². The van der Waals surface area contributed by atoms with Gasteiger partial charge in [0.25, 0.3) is 0 Å². The highest BCUT2D eigenvalue weighted by Gasteiger charge is 2.18. The van der Waals surface area contributed by atoms with E-state index in [1.54, 1.807) is 0 Å². The molecule has 0 bridgehead atoms. The molecule has 0 heterocycles. The van der Waals surface area contributed by atoms with E-state index < -0.39 is 15.8 Å². The Hall–Kier alpha value is -0.940. The molecule has 1 rings (SSSR count). The Kier molecular flexibility index (Phi) is 4.44. The van der Waals surface area contributed by atoms with E-state index in [1.807, 2.05) is 13.8 Å². The van der Waals surface area contributed by atoms with Crippen LogP contribution in [-0.2, 0) is 10.0 Å². The Morgan fingerprint density at radius 1 is 1.31 bits per heavy atom. The van der Waals surface area contributed by atoms with Gasteiger partial charge < -0.3 is 0 Å². The van der Waals surface area contributed by atoms with E-state index >= 15 is 0 Å². The molecule has 16 heavy (non-hydrogen) atoms. The summed E-state index contributed by atoms with van der Waals surface area (Å²) in [4.78, 5) is -0.0283. The smallest absolute Gasteiger partial charge is 0.208 e. The Balaban J connectivity index is 2.94. The lowest BCUT2D eigenvalue weighted by Gasteiger charge is -2.14. The third-order valence-electron chi connectivity index (χ3n) is 2.41. The van der Waals surface area contributed by atoms with Crippen molar-refractivity contribution in [2.75, 3.05) is 0 Å². The molecule has 0 atom stereocenters. The molecule has 0 unspecified atom stereocenters. The van der Waals surface area contributed by atoms with E-state index in [-0.39, 0.29) is 10.9 Å². The molecule has 0 aliphatic carbocycles. The zero-order chi connectivity index (χ0) is 12.2. The van der Waals surface area contributed by atoms with Crippen LogP contribution in [0.2, 0.25) is 0 Å². The highest BCUT2D eigenvalue weighted by Crippen LogP contribution is 2.12. The molecule has 3 nitrogen and oxygen atoms in total. The van der Waals surface area contributed by atoms with Crippen LogP contribution in [0.15, 0.2) is 29.2 Å². The zero-order valence-electron chi connectivity index (χ0n) is 9.40. The van der Waals surface area contributed by atoms with Gasteiger partial charge in [-0.25, -0.2) is 17.5 Å². The van der Waals surface area contributed by atoms with Crippen LogP contribution in [0.25, 0.3) is 0 Å². The fraction of sp³-hybridized carbons (Fsp3) is 0.455. The van der Waals surface area contributed by atoms with E-state index in [1.165, 1.54) is 18.2 Å². The normalized spacial score (nSPS) is 12.0. The fourth-order valence-corrected chi connectivity index (χ4v) is 2.81. The number of benzene rings is 1. The van der Waals surface area contributed by atoms with Gasteiger partial charge in [0.1, 0.15) is 5.82 Å². The topological polar surface area (TPSA) is 46.2 Å². The maximum absolute atomic E-state index is 12.9. The molecule has 0 amide bonds. The summed E-state index contributed by atoms with van der Waals surface area (Å²) in [5, 5.41) is 0. The van der Waals surface area contributed by atoms with Crippen LogP contribution in [0.1, 0.15) is 26.7 Å². The van der Waals surface area contributed by atoms with Crippen LogP contribution in [0.5, 0.6) is 0 Å². The van der Waals surface area contributed by atoms with Crippen LogP contribution in [0.4, 0.5) is 4.39 Å². The summed E-state index contributed by atoms with van der Waals surface area (Å²) >= 11 is 0. The van der Waals surface area contributed by atoms with Gasteiger partial charge in [0.2, 0.25) is 10.0 Å². The maximum Gasteiger partial charge on any atom is 0.240 e. The minimum absolute atomic E-state index is 0.0283. The Bertz CT molecular complexity index is 441. The molecule has 0 radical (unpaired) electrons. The number of rotatable bonds is 5. The van der Waals surface area contributed by atoms with Crippen molar-refractivity contribution in [3.8, 4) is 0 Å². The highest BCUT2D eigenvalue weighted by molar-refractivity contribution is 7.89. The summed E-state index contributed by atoms with van der Waals surface area (Å²) in [5.74, 6) is -0.549. The van der Waals surface area contributed by atoms with Gasteiger partial charge in [-0.1, -0.05) is 19.9 Å². The molecule has 0 saturated heterocycles. The largest absolute Gasteiger partial charge is 0.240 e. The van der Waals surface area contributed by atoms with Crippen molar-refractivity contribution >= 4 is 10.0 Å². The molecule has 5 heteroatoms. The average Bonchev–Trinajstić information content (AvgIpc) is 2.26. The molecule has 0 fully saturated rings. The summed E-state index contributed by atoms with van der Waals surface area (Å²) in [5.41, 5.74) is 0. The Morgan fingerprint density at radius 2 is 1.94 bits per heavy atom. The third-order valence-corrected chi connectivity index (χ3v) is 3.93. The number of hydrogen-bond donors (Lipinski definition) is 1. The van der Waals surface area contributed by atoms with Crippen LogP contribution in [0, 0.1) is 5.82 Å². The van der Waals surface area contributed by atoms with E-state index in [2.05, 4.69) is 4.72 Å². The van der Waals surface area contributed by atoms with Gasteiger partial charge in [0.05, 0.1) is 4.90 Å². The summed E-state index contributed by atoms with van der Waals surface area (Å²) in [6.45, 7) is 3.81. The van der Waals surface area contributed by atoms with Gasteiger partial charge >= 0.3 is 0 Å². The summed E-state index contributed by atoms with van der Waals surface area (Å²) < 4.78 is 39.1. The first-order valence-electron chi connectivity index (χ1n) is 5.27. The predicted octanol–water partition coefficient (Wildman–Crippen LogP) is 2.29. The van der Waals surface area contributed by atoms with Crippen molar-refractivity contribution < 1.29 is 12.8 Å². The number of halogens is 1. The standard InChI is InChI=1S/C11H16FNO2S/c1-3-10(4-2)13-16(14,15)11-7-5-6-9(12)8-11/h5-8,10,13H,3-4H2,1-2H3. The van der Waals surface area contributed by atoms with Crippen LogP contribution < -0.4 is 4.72 Å². The first-order valence-corrected chi connectivity index (χ1v) is 6.75. The monoisotopic (exact) mass is 245 g/mol. The molecule has 90 valence electrons. The van der Waals surface area contributed by atoms with Crippen molar-refractivity contribution in [3.63, 3.8) is 0 Å². The average molecular weight is 245 g/mol. The van der Waals surface area contributed by atoms with Gasteiger partial charge in [-0.15, -0.1) is 0 Å². The summed E-state index contributed by atoms with van der Waals surface area (Å²) in [7, 11) is -3.60. The van der Waals surface area contributed by atoms with Crippen LogP contribution in [-0.4, -0.2) is 14.5 Å². The SMILES string of the molecule is CCC(CC)NS(=O)(=O)c1cccc(F)c1. The summed E-state index contributed by atoms with van der Waals surface area (Å²) in [6.07, 6.45) is 1.43. The van der Waals surface area contributed by atoms with Crippen molar-refractivity contribution in [2.24, 2.45) is 0 Å². The second-order valence-electron chi connectivity index (χ2n) is 3.59. The molecular formula is C11H16FNO2S. The lowest BCUT2D eigenvalue weighted by molar-refractivity contribution is 0.529. The van der Waals surface area contributed by atoms with Gasteiger partial charge in [-0.05, 0) is 31.0 Å². The molecule has 0 aromatic heterocycles. The zero-order valence-corrected chi connectivity index (χ0v) is 10.2. The van der Waals surface area contributed by atoms with Gasteiger partial charge in [-0.2, -0.15) is 0 Å². The molecule has 0 aliphatic rings.